The maximum absolute atomic E-state index is 12.1. The number of nitrogens with zero attached hydrogens (tertiary/aromatic N) is 4. The van der Waals surface area contributed by atoms with E-state index in [9.17, 15) is 4.79 Å². The molecule has 1 saturated heterocycles. The Morgan fingerprint density at radius 1 is 1.38 bits per heavy atom. The topological polar surface area (TPSA) is 86.3 Å². The standard InChI is InChI=1S/C14H25N5O2/c1-14(2,3)21-13(20)19-7-5-10(6-8-19)12-11(9-15)16-17-18(12)4/h10H,5-9,15H2,1-4H3. The van der Waals surface area contributed by atoms with Crippen molar-refractivity contribution in [2.24, 2.45) is 12.8 Å². The highest BCUT2D eigenvalue weighted by Gasteiger charge is 2.30. The van der Waals surface area contributed by atoms with Gasteiger partial charge in [-0.2, -0.15) is 0 Å². The SMILES string of the molecule is Cn1nnc(CN)c1C1CCN(C(=O)OC(C)(C)C)CC1. The molecule has 118 valence electrons. The second kappa shape index (κ2) is 6.01. The fourth-order valence-electron chi connectivity index (χ4n) is 2.71. The van der Waals surface area contributed by atoms with E-state index < -0.39 is 5.60 Å². The first-order valence-corrected chi connectivity index (χ1v) is 7.38. The number of ether oxygens (including phenoxy) is 1. The van der Waals surface area contributed by atoms with Gasteiger partial charge in [0.2, 0.25) is 0 Å². The van der Waals surface area contributed by atoms with Gasteiger partial charge >= 0.3 is 6.09 Å². The average molecular weight is 295 g/mol. The summed E-state index contributed by atoms with van der Waals surface area (Å²) < 4.78 is 7.21. The highest BCUT2D eigenvalue weighted by atomic mass is 16.6. The van der Waals surface area contributed by atoms with Crippen LogP contribution in [0.3, 0.4) is 0 Å². The van der Waals surface area contributed by atoms with Crippen LogP contribution in [0.2, 0.25) is 0 Å². The number of piperidine rings is 1. The Labute approximate surface area is 125 Å². The van der Waals surface area contributed by atoms with E-state index in [-0.39, 0.29) is 6.09 Å². The number of rotatable bonds is 2. The predicted octanol–water partition coefficient (Wildman–Crippen LogP) is 1.39. The van der Waals surface area contributed by atoms with Crippen molar-refractivity contribution in [3.63, 3.8) is 0 Å². The summed E-state index contributed by atoms with van der Waals surface area (Å²) in [6, 6.07) is 0. The number of aryl methyl sites for hydroxylation is 1. The van der Waals surface area contributed by atoms with Gasteiger partial charge in [-0.25, -0.2) is 4.79 Å². The van der Waals surface area contributed by atoms with E-state index in [0.717, 1.165) is 24.2 Å². The van der Waals surface area contributed by atoms with Crippen LogP contribution in [-0.2, 0) is 18.3 Å². The zero-order chi connectivity index (χ0) is 15.6. The van der Waals surface area contributed by atoms with Crippen molar-refractivity contribution >= 4 is 6.09 Å². The third-order valence-corrected chi connectivity index (χ3v) is 3.67. The Kier molecular flexibility index (Phi) is 4.51. The molecule has 0 aromatic carbocycles. The first kappa shape index (κ1) is 15.8. The minimum Gasteiger partial charge on any atom is -0.444 e. The van der Waals surface area contributed by atoms with Gasteiger partial charge in [0.25, 0.3) is 0 Å². The Morgan fingerprint density at radius 3 is 2.52 bits per heavy atom. The molecule has 1 aromatic rings. The third-order valence-electron chi connectivity index (χ3n) is 3.67. The number of hydrogen-bond donors (Lipinski definition) is 1. The first-order chi connectivity index (χ1) is 9.81. The summed E-state index contributed by atoms with van der Waals surface area (Å²) in [4.78, 5) is 13.8. The minimum atomic E-state index is -0.452. The van der Waals surface area contributed by atoms with Crippen LogP contribution >= 0.6 is 0 Å². The van der Waals surface area contributed by atoms with Crippen LogP contribution < -0.4 is 5.73 Å². The van der Waals surface area contributed by atoms with Crippen LogP contribution in [-0.4, -0.2) is 44.7 Å². The quantitative estimate of drug-likeness (QED) is 0.891. The van der Waals surface area contributed by atoms with Crippen molar-refractivity contribution in [1.29, 1.82) is 0 Å². The van der Waals surface area contributed by atoms with Crippen molar-refractivity contribution in [1.82, 2.24) is 19.9 Å². The predicted molar refractivity (Wildman–Crippen MR) is 78.7 cm³/mol. The second-order valence-electron chi connectivity index (χ2n) is 6.49. The number of nitrogens with two attached hydrogens (primary N) is 1. The fourth-order valence-corrected chi connectivity index (χ4v) is 2.71. The highest BCUT2D eigenvalue weighted by Crippen LogP contribution is 2.29. The molecular formula is C14H25N5O2. The van der Waals surface area contributed by atoms with Gasteiger partial charge in [-0.15, -0.1) is 5.10 Å². The largest absolute Gasteiger partial charge is 0.444 e. The van der Waals surface area contributed by atoms with E-state index in [1.54, 1.807) is 9.58 Å². The lowest BCUT2D eigenvalue weighted by atomic mass is 9.92. The lowest BCUT2D eigenvalue weighted by molar-refractivity contribution is 0.0203. The molecule has 1 amide bonds. The molecule has 1 fully saturated rings. The van der Waals surface area contributed by atoms with E-state index in [4.69, 9.17) is 10.5 Å². The van der Waals surface area contributed by atoms with E-state index >= 15 is 0 Å². The second-order valence-corrected chi connectivity index (χ2v) is 6.49. The molecule has 0 spiro atoms. The zero-order valence-electron chi connectivity index (χ0n) is 13.3. The van der Waals surface area contributed by atoms with Gasteiger partial charge in [0.1, 0.15) is 5.60 Å². The van der Waals surface area contributed by atoms with E-state index in [1.807, 2.05) is 27.8 Å². The molecule has 2 rings (SSSR count). The van der Waals surface area contributed by atoms with E-state index in [1.165, 1.54) is 0 Å². The smallest absolute Gasteiger partial charge is 0.410 e. The van der Waals surface area contributed by atoms with Crippen molar-refractivity contribution in [2.75, 3.05) is 13.1 Å². The normalized spacial score (nSPS) is 17.1. The fraction of sp³-hybridized carbons (Fsp3) is 0.786. The molecule has 0 aliphatic carbocycles. The van der Waals surface area contributed by atoms with Gasteiger partial charge in [-0.1, -0.05) is 5.21 Å². The molecule has 1 aliphatic rings. The molecule has 0 atom stereocenters. The summed E-state index contributed by atoms with van der Waals surface area (Å²) in [6.45, 7) is 7.42. The number of amides is 1. The van der Waals surface area contributed by atoms with E-state index in [0.29, 0.717) is 25.6 Å². The van der Waals surface area contributed by atoms with E-state index in [2.05, 4.69) is 10.3 Å². The Bertz CT molecular complexity index is 498. The number of likely N-dealkylation sites (tertiary alicyclic amines) is 1. The molecular weight excluding hydrogens is 270 g/mol. The van der Waals surface area contributed by atoms with Crippen LogP contribution in [0.1, 0.15) is 50.9 Å². The van der Waals surface area contributed by atoms with Crippen molar-refractivity contribution in [3.8, 4) is 0 Å². The van der Waals surface area contributed by atoms with Gasteiger partial charge in [0.05, 0.1) is 11.4 Å². The summed E-state index contributed by atoms with van der Waals surface area (Å²) in [7, 11) is 1.89. The molecule has 2 heterocycles. The number of hydrogen-bond acceptors (Lipinski definition) is 5. The van der Waals surface area contributed by atoms with Gasteiger partial charge in [-0.05, 0) is 33.6 Å². The summed E-state index contributed by atoms with van der Waals surface area (Å²) in [5.74, 6) is 0.349. The highest BCUT2D eigenvalue weighted by molar-refractivity contribution is 5.68. The maximum atomic E-state index is 12.1. The molecule has 0 saturated carbocycles. The number of carbonyl (C=O) groups is 1. The molecule has 0 unspecified atom stereocenters. The Hall–Kier alpha value is -1.63. The lowest BCUT2D eigenvalue weighted by Crippen LogP contribution is -2.41. The molecule has 0 radical (unpaired) electrons. The summed E-state index contributed by atoms with van der Waals surface area (Å²) in [5, 5.41) is 8.14. The molecule has 1 aliphatic heterocycles. The first-order valence-electron chi connectivity index (χ1n) is 7.38. The van der Waals surface area contributed by atoms with Gasteiger partial charge in [0.15, 0.2) is 0 Å². The monoisotopic (exact) mass is 295 g/mol. The van der Waals surface area contributed by atoms with Crippen molar-refractivity contribution in [2.45, 2.75) is 51.7 Å². The lowest BCUT2D eigenvalue weighted by Gasteiger charge is -2.33. The third kappa shape index (κ3) is 3.72. The van der Waals surface area contributed by atoms with Crippen LogP contribution in [0.5, 0.6) is 0 Å². The van der Waals surface area contributed by atoms with Crippen molar-refractivity contribution < 1.29 is 9.53 Å². The van der Waals surface area contributed by atoms with Gasteiger partial charge in [0, 0.05) is 32.6 Å². The average Bonchev–Trinajstić information content (AvgIpc) is 2.78. The van der Waals surface area contributed by atoms with Crippen LogP contribution in [0.15, 0.2) is 0 Å². The number of carbonyl (C=O) groups excluding carboxylic acids is 1. The van der Waals surface area contributed by atoms with Crippen molar-refractivity contribution in [3.05, 3.63) is 11.4 Å². The zero-order valence-corrected chi connectivity index (χ0v) is 13.3. The minimum absolute atomic E-state index is 0.233. The van der Waals surface area contributed by atoms with Gasteiger partial charge in [-0.3, -0.25) is 4.68 Å². The van der Waals surface area contributed by atoms with Crippen LogP contribution in [0, 0.1) is 0 Å². The molecule has 21 heavy (non-hydrogen) atoms. The van der Waals surface area contributed by atoms with Crippen LogP contribution in [0.4, 0.5) is 4.79 Å². The molecule has 7 nitrogen and oxygen atoms in total. The summed E-state index contributed by atoms with van der Waals surface area (Å²) in [5.41, 5.74) is 7.22. The summed E-state index contributed by atoms with van der Waals surface area (Å²) in [6.07, 6.45) is 1.53. The molecule has 0 bridgehead atoms. The Balaban J connectivity index is 1.97. The molecule has 2 N–H and O–H groups in total. The van der Waals surface area contributed by atoms with Gasteiger partial charge < -0.3 is 15.4 Å². The molecule has 1 aromatic heterocycles. The molecule has 7 heteroatoms. The summed E-state index contributed by atoms with van der Waals surface area (Å²) >= 11 is 0. The number of aromatic nitrogens is 3. The van der Waals surface area contributed by atoms with Crippen LogP contribution in [0.25, 0.3) is 0 Å². The Morgan fingerprint density at radius 2 is 2.00 bits per heavy atom. The maximum Gasteiger partial charge on any atom is 0.410 e.